The van der Waals surface area contributed by atoms with Crippen LogP contribution in [0.15, 0.2) is 34.8 Å². The summed E-state index contributed by atoms with van der Waals surface area (Å²) in [7, 11) is 0. The van der Waals surface area contributed by atoms with Crippen molar-refractivity contribution in [2.75, 3.05) is 0 Å². The lowest BCUT2D eigenvalue weighted by Gasteiger charge is -2.01. The van der Waals surface area contributed by atoms with Crippen LogP contribution in [0.25, 0.3) is 10.8 Å². The second-order valence-corrected chi connectivity index (χ2v) is 3.89. The molecule has 0 aromatic heterocycles. The van der Waals surface area contributed by atoms with E-state index in [-0.39, 0.29) is 5.75 Å². The number of phenolic OH excluding ortho intramolecular Hbond substituents is 1. The predicted molar refractivity (Wildman–Crippen MR) is 58.0 cm³/mol. The molecule has 2 rings (SSSR count). The van der Waals surface area contributed by atoms with Crippen molar-refractivity contribution >= 4 is 26.7 Å². The molecule has 2 aromatic carbocycles. The Labute approximate surface area is 89.5 Å². The minimum atomic E-state index is 0.0299. The fourth-order valence-electron chi connectivity index (χ4n) is 1.35. The van der Waals surface area contributed by atoms with Gasteiger partial charge >= 0.3 is 0 Å². The van der Waals surface area contributed by atoms with Crippen LogP contribution in [0.5, 0.6) is 5.75 Å². The monoisotopic (exact) mass is 247 g/mol. The normalized spacial score (nSPS) is 10.0. The third kappa shape index (κ3) is 1.45. The summed E-state index contributed by atoms with van der Waals surface area (Å²) in [6, 6.07) is 10.9. The van der Waals surface area contributed by atoms with E-state index >= 15 is 0 Å². The number of nitrogens with zero attached hydrogens (tertiary/aromatic N) is 1. The minimum absolute atomic E-state index is 0.0299. The third-order valence-corrected chi connectivity index (χ3v) is 2.53. The zero-order valence-electron chi connectivity index (χ0n) is 7.16. The third-order valence-electron chi connectivity index (χ3n) is 2.04. The topological polar surface area (TPSA) is 44.0 Å². The van der Waals surface area contributed by atoms with Crippen molar-refractivity contribution in [3.8, 4) is 11.8 Å². The van der Waals surface area contributed by atoms with Gasteiger partial charge in [-0.15, -0.1) is 0 Å². The maximum Gasteiger partial charge on any atom is 0.133 e. The zero-order valence-corrected chi connectivity index (χ0v) is 8.75. The maximum atomic E-state index is 9.44. The van der Waals surface area contributed by atoms with Gasteiger partial charge in [0.1, 0.15) is 11.8 Å². The molecule has 0 aliphatic carbocycles. The number of hydrogen-bond acceptors (Lipinski definition) is 2. The summed E-state index contributed by atoms with van der Waals surface area (Å²) < 4.78 is 0.958. The number of benzene rings is 2. The summed E-state index contributed by atoms with van der Waals surface area (Å²) in [4.78, 5) is 0. The van der Waals surface area contributed by atoms with E-state index < -0.39 is 0 Å². The van der Waals surface area contributed by atoms with E-state index in [2.05, 4.69) is 15.9 Å². The Balaban J connectivity index is 2.82. The molecule has 1 N–H and O–H groups in total. The van der Waals surface area contributed by atoms with Gasteiger partial charge in [0.25, 0.3) is 0 Å². The van der Waals surface area contributed by atoms with Crippen LogP contribution in [-0.2, 0) is 0 Å². The number of hydrogen-bond donors (Lipinski definition) is 1. The first-order chi connectivity index (χ1) is 6.70. The van der Waals surface area contributed by atoms with Crippen molar-refractivity contribution in [1.82, 2.24) is 0 Å². The number of aromatic hydroxyl groups is 1. The van der Waals surface area contributed by atoms with Crippen molar-refractivity contribution < 1.29 is 5.11 Å². The summed E-state index contributed by atoms with van der Waals surface area (Å²) in [5.74, 6) is 0.0299. The Morgan fingerprint density at radius 3 is 2.64 bits per heavy atom. The quantitative estimate of drug-likeness (QED) is 0.778. The second kappa shape index (κ2) is 3.32. The van der Waals surface area contributed by atoms with Gasteiger partial charge in [-0.05, 0) is 35.0 Å². The van der Waals surface area contributed by atoms with Crippen LogP contribution in [0.2, 0.25) is 0 Å². The average Bonchev–Trinajstić information content (AvgIpc) is 2.17. The van der Waals surface area contributed by atoms with Crippen LogP contribution < -0.4 is 0 Å². The molecular weight excluding hydrogens is 242 g/mol. The Morgan fingerprint density at radius 2 is 1.93 bits per heavy atom. The van der Waals surface area contributed by atoms with E-state index in [4.69, 9.17) is 5.26 Å². The van der Waals surface area contributed by atoms with Gasteiger partial charge in [0, 0.05) is 4.47 Å². The van der Waals surface area contributed by atoms with E-state index in [1.165, 1.54) is 0 Å². The highest BCUT2D eigenvalue weighted by atomic mass is 79.9. The molecule has 3 heteroatoms. The highest BCUT2D eigenvalue weighted by Crippen LogP contribution is 2.26. The molecule has 0 amide bonds. The molecule has 0 bridgehead atoms. The summed E-state index contributed by atoms with van der Waals surface area (Å²) in [5.41, 5.74) is 0.301. The van der Waals surface area contributed by atoms with Crippen molar-refractivity contribution in [2.24, 2.45) is 0 Å². The van der Waals surface area contributed by atoms with Crippen molar-refractivity contribution in [3.63, 3.8) is 0 Å². The molecular formula is C11H6BrNO. The molecule has 0 atom stereocenters. The Morgan fingerprint density at radius 1 is 1.14 bits per heavy atom. The molecule has 0 spiro atoms. The molecule has 0 aliphatic rings. The number of halogens is 1. The van der Waals surface area contributed by atoms with Gasteiger partial charge in [0.15, 0.2) is 0 Å². The first-order valence-electron chi connectivity index (χ1n) is 4.03. The average molecular weight is 248 g/mol. The zero-order chi connectivity index (χ0) is 10.1. The SMILES string of the molecule is N#Cc1cc2cc(Br)ccc2cc1O. The van der Waals surface area contributed by atoms with Gasteiger partial charge in [0.05, 0.1) is 5.56 Å². The van der Waals surface area contributed by atoms with Gasteiger partial charge in [0.2, 0.25) is 0 Å². The van der Waals surface area contributed by atoms with Crippen LogP contribution in [0.4, 0.5) is 0 Å². The second-order valence-electron chi connectivity index (χ2n) is 2.97. The maximum absolute atomic E-state index is 9.44. The van der Waals surface area contributed by atoms with Gasteiger partial charge < -0.3 is 5.11 Å². The predicted octanol–water partition coefficient (Wildman–Crippen LogP) is 3.18. The fraction of sp³-hybridized carbons (Fsp3) is 0. The standard InChI is InChI=1S/C11H6BrNO/c12-10-2-1-7-5-11(14)9(6-13)3-8(7)4-10/h1-5,14H. The summed E-state index contributed by atoms with van der Waals surface area (Å²) in [6.45, 7) is 0. The molecule has 0 radical (unpaired) electrons. The van der Waals surface area contributed by atoms with Crippen molar-refractivity contribution in [1.29, 1.82) is 5.26 Å². The van der Waals surface area contributed by atoms with Crippen LogP contribution >= 0.6 is 15.9 Å². The van der Waals surface area contributed by atoms with Crippen molar-refractivity contribution in [2.45, 2.75) is 0 Å². The van der Waals surface area contributed by atoms with Crippen molar-refractivity contribution in [3.05, 3.63) is 40.4 Å². The van der Waals surface area contributed by atoms with E-state index in [0.29, 0.717) is 5.56 Å². The molecule has 68 valence electrons. The first kappa shape index (κ1) is 9.04. The first-order valence-corrected chi connectivity index (χ1v) is 4.82. The van der Waals surface area contributed by atoms with E-state index in [1.54, 1.807) is 12.1 Å². The van der Waals surface area contributed by atoms with Crippen LogP contribution in [0.3, 0.4) is 0 Å². The lowest BCUT2D eigenvalue weighted by atomic mass is 10.1. The smallest absolute Gasteiger partial charge is 0.133 e. The molecule has 2 aromatic rings. The Hall–Kier alpha value is -1.53. The molecule has 14 heavy (non-hydrogen) atoms. The molecule has 0 saturated heterocycles. The summed E-state index contributed by atoms with van der Waals surface area (Å²) in [5, 5.41) is 20.0. The molecule has 0 saturated carbocycles. The Kier molecular flexibility index (Phi) is 2.14. The van der Waals surface area contributed by atoms with Gasteiger partial charge in [-0.1, -0.05) is 22.0 Å². The van der Waals surface area contributed by atoms with E-state index in [0.717, 1.165) is 15.2 Å². The van der Waals surface area contributed by atoms with Gasteiger partial charge in [-0.2, -0.15) is 5.26 Å². The number of nitriles is 1. The van der Waals surface area contributed by atoms with Gasteiger partial charge in [-0.25, -0.2) is 0 Å². The fourth-order valence-corrected chi connectivity index (χ4v) is 1.72. The van der Waals surface area contributed by atoms with Crippen LogP contribution in [-0.4, -0.2) is 5.11 Å². The largest absolute Gasteiger partial charge is 0.507 e. The van der Waals surface area contributed by atoms with Crippen LogP contribution in [0, 0.1) is 11.3 Å². The molecule has 2 nitrogen and oxygen atoms in total. The highest BCUT2D eigenvalue weighted by molar-refractivity contribution is 9.10. The minimum Gasteiger partial charge on any atom is -0.507 e. The molecule has 0 fully saturated rings. The molecule has 0 heterocycles. The molecule has 0 unspecified atom stereocenters. The number of rotatable bonds is 0. The van der Waals surface area contributed by atoms with Gasteiger partial charge in [-0.3, -0.25) is 0 Å². The van der Waals surface area contributed by atoms with Crippen LogP contribution in [0.1, 0.15) is 5.56 Å². The Bertz CT molecular complexity index is 543. The van der Waals surface area contributed by atoms with E-state index in [1.807, 2.05) is 24.3 Å². The lowest BCUT2D eigenvalue weighted by Crippen LogP contribution is -1.79. The number of fused-ring (bicyclic) bond motifs is 1. The van der Waals surface area contributed by atoms with E-state index in [9.17, 15) is 5.11 Å². The lowest BCUT2D eigenvalue weighted by molar-refractivity contribution is 0.474. The molecule has 0 aliphatic heterocycles. The summed E-state index contributed by atoms with van der Waals surface area (Å²) in [6.07, 6.45) is 0. The number of phenols is 1. The summed E-state index contributed by atoms with van der Waals surface area (Å²) >= 11 is 3.35. The highest BCUT2D eigenvalue weighted by Gasteiger charge is 2.02.